The molecule has 0 radical (unpaired) electrons. The van der Waals surface area contributed by atoms with Crippen molar-refractivity contribution in [2.45, 2.75) is 18.4 Å². The maximum absolute atomic E-state index is 12.9. The van der Waals surface area contributed by atoms with E-state index in [1.165, 1.54) is 24.3 Å². The molecule has 2 aromatic rings. The third-order valence-electron chi connectivity index (χ3n) is 4.68. The van der Waals surface area contributed by atoms with Gasteiger partial charge in [0.2, 0.25) is 5.91 Å². The van der Waals surface area contributed by atoms with Gasteiger partial charge < -0.3 is 16.0 Å². The number of likely N-dealkylation sites (tertiary alicyclic amines) is 1. The summed E-state index contributed by atoms with van der Waals surface area (Å²) in [5, 5.41) is 2.69. The summed E-state index contributed by atoms with van der Waals surface area (Å²) in [6, 6.07) is 15.2. The summed E-state index contributed by atoms with van der Waals surface area (Å²) < 4.78 is 12.9. The SMILES string of the molecule is NC1CN(C(=O)CCNC(=O)c2ccc(F)cc2)CC1c1ccccc1. The predicted molar refractivity (Wildman–Crippen MR) is 97.1 cm³/mol. The van der Waals surface area contributed by atoms with Gasteiger partial charge in [-0.3, -0.25) is 9.59 Å². The zero-order valence-electron chi connectivity index (χ0n) is 14.4. The fraction of sp³-hybridized carbons (Fsp3) is 0.300. The van der Waals surface area contributed by atoms with Crippen LogP contribution in [-0.2, 0) is 4.79 Å². The van der Waals surface area contributed by atoms with E-state index in [1.54, 1.807) is 4.90 Å². The standard InChI is InChI=1S/C20H22FN3O2/c21-16-8-6-15(7-9-16)20(26)23-11-10-19(25)24-12-17(18(22)13-24)14-4-2-1-3-5-14/h1-9,17-18H,10-13,22H2,(H,23,26). The summed E-state index contributed by atoms with van der Waals surface area (Å²) in [4.78, 5) is 26.1. The summed E-state index contributed by atoms with van der Waals surface area (Å²) >= 11 is 0. The van der Waals surface area contributed by atoms with E-state index in [2.05, 4.69) is 5.32 Å². The molecule has 0 aromatic heterocycles. The molecule has 6 heteroatoms. The lowest BCUT2D eigenvalue weighted by Gasteiger charge is -2.16. The third kappa shape index (κ3) is 4.26. The van der Waals surface area contributed by atoms with Gasteiger partial charge in [-0.15, -0.1) is 0 Å². The van der Waals surface area contributed by atoms with Crippen molar-refractivity contribution in [2.24, 2.45) is 5.73 Å². The fourth-order valence-electron chi connectivity index (χ4n) is 3.23. The normalized spacial score (nSPS) is 19.4. The Labute approximate surface area is 152 Å². The van der Waals surface area contributed by atoms with Crippen LogP contribution < -0.4 is 11.1 Å². The van der Waals surface area contributed by atoms with Gasteiger partial charge in [0, 0.05) is 43.6 Å². The fourth-order valence-corrected chi connectivity index (χ4v) is 3.23. The maximum Gasteiger partial charge on any atom is 0.251 e. The van der Waals surface area contributed by atoms with Gasteiger partial charge in [0.1, 0.15) is 5.82 Å². The van der Waals surface area contributed by atoms with Crippen LogP contribution in [0, 0.1) is 5.82 Å². The lowest BCUT2D eigenvalue weighted by Crippen LogP contribution is -2.34. The van der Waals surface area contributed by atoms with E-state index in [1.807, 2.05) is 30.3 Å². The molecule has 1 fully saturated rings. The Hall–Kier alpha value is -2.73. The van der Waals surface area contributed by atoms with Crippen LogP contribution >= 0.6 is 0 Å². The molecule has 136 valence electrons. The van der Waals surface area contributed by atoms with Crippen molar-refractivity contribution in [1.29, 1.82) is 0 Å². The van der Waals surface area contributed by atoms with Gasteiger partial charge in [0.05, 0.1) is 0 Å². The quantitative estimate of drug-likeness (QED) is 0.860. The van der Waals surface area contributed by atoms with Crippen molar-refractivity contribution in [2.75, 3.05) is 19.6 Å². The first-order valence-electron chi connectivity index (χ1n) is 8.66. The molecule has 3 N–H and O–H groups in total. The molecule has 0 spiro atoms. The molecule has 0 bridgehead atoms. The van der Waals surface area contributed by atoms with E-state index in [9.17, 15) is 14.0 Å². The summed E-state index contributed by atoms with van der Waals surface area (Å²) in [5.74, 6) is -0.611. The number of rotatable bonds is 5. The van der Waals surface area contributed by atoms with Crippen LogP contribution in [0.15, 0.2) is 54.6 Å². The topological polar surface area (TPSA) is 75.4 Å². The molecule has 5 nitrogen and oxygen atoms in total. The van der Waals surface area contributed by atoms with Gasteiger partial charge in [0.15, 0.2) is 0 Å². The highest BCUT2D eigenvalue weighted by molar-refractivity contribution is 5.94. The largest absolute Gasteiger partial charge is 0.352 e. The Morgan fingerprint density at radius 2 is 1.77 bits per heavy atom. The molecule has 1 aliphatic heterocycles. The van der Waals surface area contributed by atoms with Crippen molar-refractivity contribution in [3.63, 3.8) is 0 Å². The number of nitrogens with zero attached hydrogens (tertiary/aromatic N) is 1. The van der Waals surface area contributed by atoms with Crippen LogP contribution in [0.5, 0.6) is 0 Å². The number of nitrogens with two attached hydrogens (primary N) is 1. The van der Waals surface area contributed by atoms with Crippen LogP contribution in [-0.4, -0.2) is 42.4 Å². The number of carbonyl (C=O) groups is 2. The van der Waals surface area contributed by atoms with Gasteiger partial charge in [-0.05, 0) is 29.8 Å². The number of benzene rings is 2. The van der Waals surface area contributed by atoms with E-state index in [0.29, 0.717) is 18.7 Å². The van der Waals surface area contributed by atoms with Crippen LogP contribution in [0.3, 0.4) is 0 Å². The van der Waals surface area contributed by atoms with Crippen LogP contribution in [0.2, 0.25) is 0 Å². The molecule has 0 aliphatic carbocycles. The lowest BCUT2D eigenvalue weighted by atomic mass is 9.95. The second kappa shape index (κ2) is 8.10. The van der Waals surface area contributed by atoms with Gasteiger partial charge in [-0.2, -0.15) is 0 Å². The Morgan fingerprint density at radius 3 is 2.46 bits per heavy atom. The van der Waals surface area contributed by atoms with Crippen molar-refractivity contribution < 1.29 is 14.0 Å². The molecule has 2 aromatic carbocycles. The molecule has 2 unspecified atom stereocenters. The molecule has 2 atom stereocenters. The summed E-state index contributed by atoms with van der Waals surface area (Å²) in [6.07, 6.45) is 0.209. The second-order valence-corrected chi connectivity index (χ2v) is 6.49. The van der Waals surface area contributed by atoms with Crippen LogP contribution in [0.25, 0.3) is 0 Å². The summed E-state index contributed by atoms with van der Waals surface area (Å²) in [5.41, 5.74) is 7.72. The van der Waals surface area contributed by atoms with Crippen LogP contribution in [0.1, 0.15) is 28.3 Å². The molecule has 2 amide bonds. The monoisotopic (exact) mass is 355 g/mol. The number of hydrogen-bond donors (Lipinski definition) is 2. The zero-order chi connectivity index (χ0) is 18.5. The van der Waals surface area contributed by atoms with Crippen molar-refractivity contribution in [3.8, 4) is 0 Å². The maximum atomic E-state index is 12.9. The summed E-state index contributed by atoms with van der Waals surface area (Å²) in [6.45, 7) is 1.34. The first-order valence-corrected chi connectivity index (χ1v) is 8.66. The molecular formula is C20H22FN3O2. The van der Waals surface area contributed by atoms with E-state index < -0.39 is 5.82 Å². The average Bonchev–Trinajstić information content (AvgIpc) is 3.04. The minimum Gasteiger partial charge on any atom is -0.352 e. The minimum atomic E-state index is -0.393. The van der Waals surface area contributed by atoms with E-state index in [4.69, 9.17) is 5.73 Å². The predicted octanol–water partition coefficient (Wildman–Crippen LogP) is 1.90. The minimum absolute atomic E-state index is 0.0294. The lowest BCUT2D eigenvalue weighted by molar-refractivity contribution is -0.130. The highest BCUT2D eigenvalue weighted by atomic mass is 19.1. The molecule has 1 saturated heterocycles. The number of amides is 2. The van der Waals surface area contributed by atoms with Gasteiger partial charge in [-0.25, -0.2) is 4.39 Å². The van der Waals surface area contributed by atoms with E-state index >= 15 is 0 Å². The first-order chi connectivity index (χ1) is 12.5. The number of halogens is 1. The highest BCUT2D eigenvalue weighted by Crippen LogP contribution is 2.26. The molecular weight excluding hydrogens is 333 g/mol. The van der Waals surface area contributed by atoms with Crippen LogP contribution in [0.4, 0.5) is 4.39 Å². The van der Waals surface area contributed by atoms with Crippen molar-refractivity contribution in [3.05, 3.63) is 71.5 Å². The van der Waals surface area contributed by atoms with E-state index in [-0.39, 0.29) is 36.7 Å². The molecule has 1 aliphatic rings. The Kier molecular flexibility index (Phi) is 5.63. The van der Waals surface area contributed by atoms with Gasteiger partial charge >= 0.3 is 0 Å². The smallest absolute Gasteiger partial charge is 0.251 e. The molecule has 3 rings (SSSR count). The number of carbonyl (C=O) groups excluding carboxylic acids is 2. The van der Waals surface area contributed by atoms with Crippen molar-refractivity contribution in [1.82, 2.24) is 10.2 Å². The highest BCUT2D eigenvalue weighted by Gasteiger charge is 2.33. The van der Waals surface area contributed by atoms with E-state index in [0.717, 1.165) is 5.56 Å². The molecule has 1 heterocycles. The molecule has 0 saturated carbocycles. The first kappa shape index (κ1) is 18.1. The third-order valence-corrected chi connectivity index (χ3v) is 4.68. The van der Waals surface area contributed by atoms with Gasteiger partial charge in [0.25, 0.3) is 5.91 Å². The number of nitrogens with one attached hydrogen (secondary N) is 1. The Bertz CT molecular complexity index is 764. The number of hydrogen-bond acceptors (Lipinski definition) is 3. The van der Waals surface area contributed by atoms with Gasteiger partial charge in [-0.1, -0.05) is 30.3 Å². The second-order valence-electron chi connectivity index (χ2n) is 6.49. The zero-order valence-corrected chi connectivity index (χ0v) is 14.4. The van der Waals surface area contributed by atoms with Crippen molar-refractivity contribution >= 4 is 11.8 Å². The summed E-state index contributed by atoms with van der Waals surface area (Å²) in [7, 11) is 0. The molecule has 26 heavy (non-hydrogen) atoms. The Balaban J connectivity index is 1.48. The Morgan fingerprint density at radius 1 is 1.08 bits per heavy atom. The average molecular weight is 355 g/mol.